The van der Waals surface area contributed by atoms with Gasteiger partial charge in [0.05, 0.1) is 4.90 Å². The second-order valence-corrected chi connectivity index (χ2v) is 10.6. The van der Waals surface area contributed by atoms with Crippen LogP contribution in [0, 0.1) is 0 Å². The number of benzene rings is 2. The first-order valence-electron chi connectivity index (χ1n) is 11.1. The number of hydrogen-bond donors (Lipinski definition) is 2. The van der Waals surface area contributed by atoms with Crippen molar-refractivity contribution in [2.45, 2.75) is 61.9 Å². The number of nitrogens with zero attached hydrogens (tertiary/aromatic N) is 1. The monoisotopic (exact) mass is 455 g/mol. The third-order valence-electron chi connectivity index (χ3n) is 6.18. The molecule has 7 nitrogen and oxygen atoms in total. The van der Waals surface area contributed by atoms with E-state index >= 15 is 0 Å². The molecule has 0 aliphatic heterocycles. The minimum absolute atomic E-state index is 0.0288. The van der Waals surface area contributed by atoms with E-state index in [2.05, 4.69) is 10.6 Å². The zero-order valence-electron chi connectivity index (χ0n) is 18.2. The fourth-order valence-corrected chi connectivity index (χ4v) is 5.44. The van der Waals surface area contributed by atoms with Gasteiger partial charge in [0.1, 0.15) is 0 Å². The van der Waals surface area contributed by atoms with E-state index in [-0.39, 0.29) is 28.8 Å². The second-order valence-electron chi connectivity index (χ2n) is 8.62. The summed E-state index contributed by atoms with van der Waals surface area (Å²) in [6.45, 7) is 0. The summed E-state index contributed by atoms with van der Waals surface area (Å²) in [5, 5.41) is 5.70. The number of anilines is 1. The summed E-state index contributed by atoms with van der Waals surface area (Å²) in [6, 6.07) is 13.0. The first-order chi connectivity index (χ1) is 15.3. The standard InChI is InChI=1S/C24H29N3O4S/c1-27(21-8-3-2-4-9-21)32(30,31)22-14-10-17(11-15-22)23(28)26-20-7-5-6-18(16-20)24(29)25-19-12-13-19/h5-7,10-11,14-16,19,21H,2-4,8-9,12-13H2,1H3,(H,25,29)(H,26,28). The van der Waals surface area contributed by atoms with Crippen LogP contribution in [0.3, 0.4) is 0 Å². The normalized spacial score (nSPS) is 17.2. The van der Waals surface area contributed by atoms with Crippen LogP contribution < -0.4 is 10.6 Å². The lowest BCUT2D eigenvalue weighted by molar-refractivity contribution is 0.0949. The minimum Gasteiger partial charge on any atom is -0.349 e. The van der Waals surface area contributed by atoms with Gasteiger partial charge in [-0.2, -0.15) is 4.31 Å². The molecule has 0 saturated heterocycles. The zero-order chi connectivity index (χ0) is 22.7. The Balaban J connectivity index is 1.42. The van der Waals surface area contributed by atoms with Crippen LogP contribution in [0.5, 0.6) is 0 Å². The molecule has 0 atom stereocenters. The number of amides is 2. The SMILES string of the molecule is CN(C1CCCCC1)S(=O)(=O)c1ccc(C(=O)Nc2cccc(C(=O)NC3CC3)c2)cc1. The van der Waals surface area contributed by atoms with Gasteiger partial charge in [0.25, 0.3) is 11.8 Å². The lowest BCUT2D eigenvalue weighted by Gasteiger charge is -2.30. The van der Waals surface area contributed by atoms with E-state index in [0.717, 1.165) is 44.9 Å². The summed E-state index contributed by atoms with van der Waals surface area (Å²) in [5.41, 5.74) is 1.34. The third-order valence-corrected chi connectivity index (χ3v) is 8.10. The maximum Gasteiger partial charge on any atom is 0.255 e. The molecule has 2 aromatic carbocycles. The maximum atomic E-state index is 13.0. The van der Waals surface area contributed by atoms with Gasteiger partial charge >= 0.3 is 0 Å². The van der Waals surface area contributed by atoms with Crippen molar-refractivity contribution in [3.8, 4) is 0 Å². The Bertz CT molecular complexity index is 1090. The van der Waals surface area contributed by atoms with Crippen molar-refractivity contribution in [3.05, 3.63) is 59.7 Å². The fraction of sp³-hybridized carbons (Fsp3) is 0.417. The second kappa shape index (κ2) is 9.42. The average molecular weight is 456 g/mol. The molecule has 0 unspecified atom stereocenters. The van der Waals surface area contributed by atoms with E-state index < -0.39 is 10.0 Å². The van der Waals surface area contributed by atoms with Crippen LogP contribution in [0.15, 0.2) is 53.4 Å². The average Bonchev–Trinajstić information content (AvgIpc) is 3.63. The van der Waals surface area contributed by atoms with Crippen LogP contribution in [0.25, 0.3) is 0 Å². The van der Waals surface area contributed by atoms with Gasteiger partial charge in [-0.3, -0.25) is 9.59 Å². The van der Waals surface area contributed by atoms with Crippen LogP contribution in [0.2, 0.25) is 0 Å². The van der Waals surface area contributed by atoms with Gasteiger partial charge in [0, 0.05) is 35.9 Å². The van der Waals surface area contributed by atoms with E-state index in [9.17, 15) is 18.0 Å². The van der Waals surface area contributed by atoms with Gasteiger partial charge in [-0.15, -0.1) is 0 Å². The summed E-state index contributed by atoms with van der Waals surface area (Å²) in [4.78, 5) is 25.1. The Morgan fingerprint density at radius 3 is 2.22 bits per heavy atom. The smallest absolute Gasteiger partial charge is 0.255 e. The number of hydrogen-bond acceptors (Lipinski definition) is 4. The Hall–Kier alpha value is -2.71. The molecule has 2 aliphatic rings. The van der Waals surface area contributed by atoms with Crippen LogP contribution in [-0.2, 0) is 10.0 Å². The highest BCUT2D eigenvalue weighted by Gasteiger charge is 2.29. The van der Waals surface area contributed by atoms with E-state index in [0.29, 0.717) is 16.8 Å². The molecule has 0 aromatic heterocycles. The molecular formula is C24H29N3O4S. The molecule has 0 spiro atoms. The maximum absolute atomic E-state index is 13.0. The van der Waals surface area contributed by atoms with Gasteiger partial charge in [-0.1, -0.05) is 25.3 Å². The topological polar surface area (TPSA) is 95.6 Å². The summed E-state index contributed by atoms with van der Waals surface area (Å²) in [6.07, 6.45) is 7.03. The molecule has 2 amide bonds. The van der Waals surface area contributed by atoms with Gasteiger partial charge in [-0.05, 0) is 68.1 Å². The molecule has 2 aliphatic carbocycles. The molecule has 170 valence electrons. The first kappa shape index (κ1) is 22.5. The Labute approximate surface area is 189 Å². The lowest BCUT2D eigenvalue weighted by Crippen LogP contribution is -2.38. The van der Waals surface area contributed by atoms with Crippen molar-refractivity contribution >= 4 is 27.5 Å². The number of sulfonamides is 1. The molecule has 0 radical (unpaired) electrons. The van der Waals surface area contributed by atoms with Crippen LogP contribution in [-0.4, -0.2) is 43.7 Å². The van der Waals surface area contributed by atoms with Crippen molar-refractivity contribution in [3.63, 3.8) is 0 Å². The predicted molar refractivity (Wildman–Crippen MR) is 123 cm³/mol. The predicted octanol–water partition coefficient (Wildman–Crippen LogP) is 3.78. The van der Waals surface area contributed by atoms with Crippen molar-refractivity contribution in [2.75, 3.05) is 12.4 Å². The molecule has 8 heteroatoms. The lowest BCUT2D eigenvalue weighted by atomic mass is 9.96. The summed E-state index contributed by atoms with van der Waals surface area (Å²) in [5.74, 6) is -0.519. The third kappa shape index (κ3) is 5.19. The molecule has 0 heterocycles. The van der Waals surface area contributed by atoms with E-state index in [1.807, 2.05) is 0 Å². The fourth-order valence-electron chi connectivity index (χ4n) is 4.02. The highest BCUT2D eigenvalue weighted by Crippen LogP contribution is 2.26. The van der Waals surface area contributed by atoms with Gasteiger partial charge in [0.15, 0.2) is 0 Å². The van der Waals surface area contributed by atoms with Crippen molar-refractivity contribution < 1.29 is 18.0 Å². The zero-order valence-corrected chi connectivity index (χ0v) is 19.0. The van der Waals surface area contributed by atoms with Gasteiger partial charge in [-0.25, -0.2) is 8.42 Å². The molecule has 0 bridgehead atoms. The van der Waals surface area contributed by atoms with E-state index in [1.54, 1.807) is 31.3 Å². The van der Waals surface area contributed by atoms with Gasteiger partial charge in [0.2, 0.25) is 10.0 Å². The van der Waals surface area contributed by atoms with Crippen molar-refractivity contribution in [1.82, 2.24) is 9.62 Å². The first-order valence-corrected chi connectivity index (χ1v) is 12.6. The molecule has 2 aromatic rings. The highest BCUT2D eigenvalue weighted by atomic mass is 32.2. The van der Waals surface area contributed by atoms with Crippen LogP contribution >= 0.6 is 0 Å². The highest BCUT2D eigenvalue weighted by molar-refractivity contribution is 7.89. The molecule has 32 heavy (non-hydrogen) atoms. The molecule has 4 rings (SSSR count). The summed E-state index contributed by atoms with van der Waals surface area (Å²) >= 11 is 0. The van der Waals surface area contributed by atoms with Crippen molar-refractivity contribution in [1.29, 1.82) is 0 Å². The number of carbonyl (C=O) groups is 2. The van der Waals surface area contributed by atoms with E-state index in [4.69, 9.17) is 0 Å². The molecule has 2 saturated carbocycles. The summed E-state index contributed by atoms with van der Waals surface area (Å²) in [7, 11) is -1.97. The van der Waals surface area contributed by atoms with Crippen LogP contribution in [0.4, 0.5) is 5.69 Å². The van der Waals surface area contributed by atoms with Gasteiger partial charge < -0.3 is 10.6 Å². The number of rotatable bonds is 7. The molecular weight excluding hydrogens is 426 g/mol. The number of nitrogens with one attached hydrogen (secondary N) is 2. The molecule has 2 fully saturated rings. The Morgan fingerprint density at radius 1 is 0.875 bits per heavy atom. The minimum atomic E-state index is -3.60. The van der Waals surface area contributed by atoms with E-state index in [1.165, 1.54) is 28.6 Å². The Morgan fingerprint density at radius 2 is 1.56 bits per heavy atom. The summed E-state index contributed by atoms with van der Waals surface area (Å²) < 4.78 is 27.4. The van der Waals surface area contributed by atoms with Crippen LogP contribution in [0.1, 0.15) is 65.7 Å². The molecule has 2 N–H and O–H groups in total. The largest absolute Gasteiger partial charge is 0.349 e. The quantitative estimate of drug-likeness (QED) is 0.664. The Kier molecular flexibility index (Phi) is 6.62. The van der Waals surface area contributed by atoms with Crippen molar-refractivity contribution in [2.24, 2.45) is 0 Å². The number of carbonyl (C=O) groups excluding carboxylic acids is 2.